The predicted octanol–water partition coefficient (Wildman–Crippen LogP) is 3.71. The van der Waals surface area contributed by atoms with E-state index in [2.05, 4.69) is 30.7 Å². The highest BCUT2D eigenvalue weighted by Crippen LogP contribution is 2.27. The fraction of sp³-hybridized carbons (Fsp3) is 0.0769. The van der Waals surface area contributed by atoms with Crippen LogP contribution in [0.15, 0.2) is 89.6 Å². The lowest BCUT2D eigenvalue weighted by Gasteiger charge is -2.08. The third-order valence-corrected chi connectivity index (χ3v) is 5.43. The Kier molecular flexibility index (Phi) is 6.41. The fourth-order valence-electron chi connectivity index (χ4n) is 3.86. The van der Waals surface area contributed by atoms with Gasteiger partial charge in [0.25, 0.3) is 0 Å². The molecule has 11 heteroatoms. The summed E-state index contributed by atoms with van der Waals surface area (Å²) in [5, 5.41) is 22.7. The van der Waals surface area contributed by atoms with Crippen LogP contribution in [-0.4, -0.2) is 48.3 Å². The summed E-state index contributed by atoms with van der Waals surface area (Å²) < 4.78 is 2.01. The van der Waals surface area contributed by atoms with Crippen LogP contribution in [0.2, 0.25) is 0 Å². The van der Waals surface area contributed by atoms with Crippen molar-refractivity contribution in [3.63, 3.8) is 0 Å². The Hall–Kier alpha value is -5.32. The van der Waals surface area contributed by atoms with Crippen molar-refractivity contribution in [1.29, 1.82) is 0 Å². The van der Waals surface area contributed by atoms with Crippen LogP contribution in [0.5, 0.6) is 0 Å². The van der Waals surface area contributed by atoms with E-state index in [1.165, 1.54) is 13.8 Å². The van der Waals surface area contributed by atoms with Crippen molar-refractivity contribution < 1.29 is 19.3 Å². The third kappa shape index (κ3) is 4.91. The molecule has 11 nitrogen and oxygen atoms in total. The normalized spacial score (nSPS) is 12.1. The Labute approximate surface area is 210 Å². The number of fused-ring (bicyclic) bond motifs is 1. The first kappa shape index (κ1) is 23.4. The number of hydrogen-bond acceptors (Lipinski definition) is 8. The van der Waals surface area contributed by atoms with Crippen LogP contribution >= 0.6 is 0 Å². The molecule has 0 aliphatic heterocycles. The van der Waals surface area contributed by atoms with Gasteiger partial charge in [-0.2, -0.15) is 10.2 Å². The van der Waals surface area contributed by atoms with Gasteiger partial charge in [-0.25, -0.2) is 9.59 Å². The molecule has 0 aliphatic rings. The predicted molar refractivity (Wildman–Crippen MR) is 135 cm³/mol. The fourth-order valence-corrected chi connectivity index (χ4v) is 3.86. The molecule has 3 heterocycles. The molecule has 0 radical (unpaired) electrons. The lowest BCUT2D eigenvalue weighted by Crippen LogP contribution is -2.07. The number of carbonyl (C=O) groups excluding carboxylic acids is 2. The van der Waals surface area contributed by atoms with E-state index in [0.29, 0.717) is 22.8 Å². The maximum absolute atomic E-state index is 11.5. The number of para-hydroxylation sites is 1. The molecule has 0 bridgehead atoms. The van der Waals surface area contributed by atoms with Gasteiger partial charge in [0.1, 0.15) is 11.4 Å². The van der Waals surface area contributed by atoms with Crippen LogP contribution in [0.3, 0.4) is 0 Å². The average Bonchev–Trinajstić information content (AvgIpc) is 3.67. The lowest BCUT2D eigenvalue weighted by molar-refractivity contribution is -0.141. The van der Waals surface area contributed by atoms with E-state index in [9.17, 15) is 9.59 Å². The van der Waals surface area contributed by atoms with Gasteiger partial charge in [0, 0.05) is 54.6 Å². The minimum Gasteiger partial charge on any atom is -0.318 e. The minimum atomic E-state index is -0.528. The molecule has 0 saturated carbocycles. The summed E-state index contributed by atoms with van der Waals surface area (Å²) in [6.07, 6.45) is 5.12. The van der Waals surface area contributed by atoms with E-state index >= 15 is 0 Å². The second-order valence-electron chi connectivity index (χ2n) is 7.96. The molecule has 0 saturated heterocycles. The quantitative estimate of drug-likeness (QED) is 0.200. The van der Waals surface area contributed by atoms with Crippen molar-refractivity contribution in [3.05, 3.63) is 102 Å². The van der Waals surface area contributed by atoms with E-state index < -0.39 is 11.9 Å². The van der Waals surface area contributed by atoms with Crippen molar-refractivity contribution in [2.45, 2.75) is 13.8 Å². The molecular formula is C26H21N7O4. The smallest absolute Gasteiger partial charge is 0.318 e. The van der Waals surface area contributed by atoms with Crippen LogP contribution in [0.25, 0.3) is 16.6 Å². The third-order valence-electron chi connectivity index (χ3n) is 5.43. The maximum atomic E-state index is 11.5. The Bertz CT molecular complexity index is 1610. The molecule has 0 fully saturated rings. The van der Waals surface area contributed by atoms with Crippen LogP contribution in [-0.2, 0) is 19.3 Å². The van der Waals surface area contributed by atoms with Gasteiger partial charge in [0.2, 0.25) is 0 Å². The highest BCUT2D eigenvalue weighted by atomic mass is 16.7. The number of carbonyl (C=O) groups is 2. The van der Waals surface area contributed by atoms with Crippen molar-refractivity contribution in [2.75, 3.05) is 0 Å². The van der Waals surface area contributed by atoms with Crippen molar-refractivity contribution in [3.8, 4) is 5.69 Å². The lowest BCUT2D eigenvalue weighted by atomic mass is 10.1. The van der Waals surface area contributed by atoms with Crippen LogP contribution in [0.1, 0.15) is 36.4 Å². The SMILES string of the molecule is CC(=O)O/N=C(/c1ccc(-n2cc(/C(=N/OC(C)=O)c3ccn[nH]3)c3ccccc32)cc1)c1ccn[nH]1. The van der Waals surface area contributed by atoms with E-state index in [1.54, 1.807) is 24.5 Å². The maximum Gasteiger partial charge on any atom is 0.332 e. The summed E-state index contributed by atoms with van der Waals surface area (Å²) in [4.78, 5) is 32.7. The number of aromatic amines is 2. The molecule has 0 unspecified atom stereocenters. The van der Waals surface area contributed by atoms with E-state index in [-0.39, 0.29) is 0 Å². The molecule has 2 N–H and O–H groups in total. The molecule has 2 aromatic carbocycles. The number of hydrogen-bond donors (Lipinski definition) is 2. The molecule has 37 heavy (non-hydrogen) atoms. The minimum absolute atomic E-state index is 0.437. The van der Waals surface area contributed by atoms with Gasteiger partial charge in [-0.15, -0.1) is 0 Å². The van der Waals surface area contributed by atoms with Gasteiger partial charge in [-0.3, -0.25) is 10.2 Å². The number of rotatable bonds is 7. The van der Waals surface area contributed by atoms with Crippen LogP contribution in [0.4, 0.5) is 0 Å². The molecule has 0 amide bonds. The Morgan fingerprint density at radius 1 is 0.784 bits per heavy atom. The highest BCUT2D eigenvalue weighted by molar-refractivity contribution is 6.18. The first-order valence-electron chi connectivity index (χ1n) is 11.2. The standard InChI is InChI=1S/C26H21N7O4/c1-16(34)36-31-25(22-11-13-27-29-22)18-7-9-19(10-8-18)33-15-21(20-5-3-4-6-24(20)33)26(32-37-17(2)35)23-12-14-28-30-23/h3-15H,1-2H3,(H,27,29)(H,28,30)/b31-25-,32-26-. The monoisotopic (exact) mass is 495 g/mol. The second-order valence-corrected chi connectivity index (χ2v) is 7.96. The Balaban J connectivity index is 1.59. The van der Waals surface area contributed by atoms with Crippen molar-refractivity contribution in [1.82, 2.24) is 25.0 Å². The number of aromatic nitrogens is 5. The molecule has 0 spiro atoms. The second kappa shape index (κ2) is 10.1. The largest absolute Gasteiger partial charge is 0.332 e. The average molecular weight is 495 g/mol. The zero-order valence-corrected chi connectivity index (χ0v) is 19.9. The molecular weight excluding hydrogens is 474 g/mol. The zero-order chi connectivity index (χ0) is 25.8. The summed E-state index contributed by atoms with van der Waals surface area (Å²) in [5.74, 6) is -1.05. The van der Waals surface area contributed by atoms with E-state index in [4.69, 9.17) is 9.68 Å². The van der Waals surface area contributed by atoms with Gasteiger partial charge in [-0.1, -0.05) is 40.6 Å². The number of H-pyrrole nitrogens is 2. The summed E-state index contributed by atoms with van der Waals surface area (Å²) in [5.41, 5.74) is 5.34. The molecule has 0 atom stereocenters. The molecule has 3 aromatic heterocycles. The van der Waals surface area contributed by atoms with Gasteiger partial charge < -0.3 is 14.2 Å². The first-order chi connectivity index (χ1) is 18.0. The van der Waals surface area contributed by atoms with Gasteiger partial charge in [-0.05, 0) is 30.3 Å². The van der Waals surface area contributed by atoms with E-state index in [1.807, 2.05) is 59.3 Å². The summed E-state index contributed by atoms with van der Waals surface area (Å²) in [6, 6.07) is 18.9. The van der Waals surface area contributed by atoms with Crippen molar-refractivity contribution >= 4 is 34.3 Å². The molecule has 5 rings (SSSR count). The number of oxime groups is 2. The Morgan fingerprint density at radius 3 is 1.97 bits per heavy atom. The summed E-state index contributed by atoms with van der Waals surface area (Å²) >= 11 is 0. The Morgan fingerprint density at radius 2 is 1.38 bits per heavy atom. The van der Waals surface area contributed by atoms with Gasteiger partial charge in [0.15, 0.2) is 0 Å². The van der Waals surface area contributed by atoms with Crippen LogP contribution in [0, 0.1) is 0 Å². The zero-order valence-electron chi connectivity index (χ0n) is 19.9. The van der Waals surface area contributed by atoms with E-state index in [0.717, 1.165) is 27.7 Å². The number of nitrogens with zero attached hydrogens (tertiary/aromatic N) is 5. The first-order valence-corrected chi connectivity index (χ1v) is 11.2. The summed E-state index contributed by atoms with van der Waals surface area (Å²) in [7, 11) is 0. The van der Waals surface area contributed by atoms with Crippen molar-refractivity contribution in [2.24, 2.45) is 10.3 Å². The number of nitrogens with one attached hydrogen (secondary N) is 2. The summed E-state index contributed by atoms with van der Waals surface area (Å²) in [6.45, 7) is 2.58. The van der Waals surface area contributed by atoms with Crippen LogP contribution < -0.4 is 0 Å². The van der Waals surface area contributed by atoms with Gasteiger partial charge >= 0.3 is 11.9 Å². The molecule has 5 aromatic rings. The van der Waals surface area contributed by atoms with Gasteiger partial charge in [0.05, 0.1) is 16.9 Å². The highest BCUT2D eigenvalue weighted by Gasteiger charge is 2.19. The topological polar surface area (TPSA) is 140 Å². The molecule has 0 aliphatic carbocycles. The molecule has 184 valence electrons. The number of benzene rings is 2.